The van der Waals surface area contributed by atoms with Crippen LogP contribution in [0, 0.1) is 17.1 Å². The van der Waals surface area contributed by atoms with E-state index in [1.54, 1.807) is 0 Å². The first-order valence-electron chi connectivity index (χ1n) is 12.6. The topological polar surface area (TPSA) is 67.8 Å². The summed E-state index contributed by atoms with van der Waals surface area (Å²) in [7, 11) is 0. The zero-order valence-corrected chi connectivity index (χ0v) is 22.7. The molecule has 0 radical (unpaired) electrons. The van der Waals surface area contributed by atoms with Gasteiger partial charge < -0.3 is 19.5 Å². The lowest BCUT2D eigenvalue weighted by Crippen LogP contribution is -2.51. The molecule has 0 bridgehead atoms. The van der Waals surface area contributed by atoms with Gasteiger partial charge in [0.15, 0.2) is 0 Å². The van der Waals surface area contributed by atoms with Crippen LogP contribution in [0.2, 0.25) is 0 Å². The van der Waals surface area contributed by atoms with E-state index >= 15 is 0 Å². The van der Waals surface area contributed by atoms with Crippen molar-refractivity contribution in [2.24, 2.45) is 5.92 Å². The van der Waals surface area contributed by atoms with E-state index in [-0.39, 0.29) is 18.0 Å². The minimum absolute atomic E-state index is 0.0738. The van der Waals surface area contributed by atoms with Crippen LogP contribution in [0.3, 0.4) is 0 Å². The van der Waals surface area contributed by atoms with Crippen molar-refractivity contribution in [2.75, 3.05) is 13.2 Å². The fourth-order valence-corrected chi connectivity index (χ4v) is 6.66. The maximum absolute atomic E-state index is 13.3. The number of aliphatic hydroxyl groups is 1. The number of unbranched alkanes of at least 4 members (excludes halogenated alkanes) is 2. The van der Waals surface area contributed by atoms with Gasteiger partial charge >= 0.3 is 6.80 Å². The lowest BCUT2D eigenvalue weighted by molar-refractivity contribution is -0.0196. The SMILES string of the molecule is CCCCOP(=O)(OCCCC)SC#C[C@@]1(O)C[C@H](c2ccccc2)N[C@H](c2ccccc2)[C@H]1C. The van der Waals surface area contributed by atoms with Crippen molar-refractivity contribution in [3.8, 4) is 11.2 Å². The molecule has 0 amide bonds. The second-order valence-corrected chi connectivity index (χ2v) is 12.8. The molecule has 1 fully saturated rings. The summed E-state index contributed by atoms with van der Waals surface area (Å²) < 4.78 is 24.6. The minimum atomic E-state index is -3.43. The summed E-state index contributed by atoms with van der Waals surface area (Å²) in [5, 5.41) is 18.5. The fourth-order valence-electron chi connectivity index (χ4n) is 4.20. The highest BCUT2D eigenvalue weighted by Crippen LogP contribution is 2.60. The number of hydrogen-bond acceptors (Lipinski definition) is 6. The van der Waals surface area contributed by atoms with Crippen molar-refractivity contribution in [1.29, 1.82) is 0 Å². The summed E-state index contributed by atoms with van der Waals surface area (Å²) in [4.78, 5) is 0. The molecule has 1 heterocycles. The van der Waals surface area contributed by atoms with Gasteiger partial charge in [-0.3, -0.25) is 0 Å². The molecule has 2 N–H and O–H groups in total. The monoisotopic (exact) mass is 515 g/mol. The molecule has 5 nitrogen and oxygen atoms in total. The molecular weight excluding hydrogens is 477 g/mol. The molecule has 1 aliphatic heterocycles. The average molecular weight is 516 g/mol. The first-order valence-corrected chi connectivity index (χ1v) is 15.6. The van der Waals surface area contributed by atoms with E-state index in [0.29, 0.717) is 19.6 Å². The van der Waals surface area contributed by atoms with Gasteiger partial charge in [-0.15, -0.1) is 0 Å². The molecule has 7 heteroatoms. The van der Waals surface area contributed by atoms with E-state index in [0.717, 1.165) is 48.2 Å². The molecule has 0 aromatic heterocycles. The van der Waals surface area contributed by atoms with Crippen LogP contribution in [-0.2, 0) is 13.6 Å². The van der Waals surface area contributed by atoms with Gasteiger partial charge in [0.1, 0.15) is 5.60 Å². The smallest absolute Gasteiger partial charge is 0.377 e. The summed E-state index contributed by atoms with van der Waals surface area (Å²) in [5.74, 6) is 2.89. The van der Waals surface area contributed by atoms with Crippen LogP contribution in [-0.4, -0.2) is 23.9 Å². The van der Waals surface area contributed by atoms with E-state index in [4.69, 9.17) is 9.05 Å². The maximum Gasteiger partial charge on any atom is 0.401 e. The number of benzene rings is 2. The van der Waals surface area contributed by atoms with Gasteiger partial charge in [0.2, 0.25) is 0 Å². The van der Waals surface area contributed by atoms with Crippen LogP contribution < -0.4 is 5.32 Å². The van der Waals surface area contributed by atoms with Crippen molar-refractivity contribution >= 4 is 18.2 Å². The van der Waals surface area contributed by atoms with Crippen molar-refractivity contribution in [1.82, 2.24) is 5.32 Å². The summed E-state index contributed by atoms with van der Waals surface area (Å²) in [6.07, 6.45) is 3.92. The largest absolute Gasteiger partial charge is 0.401 e. The fraction of sp³-hybridized carbons (Fsp3) is 0.500. The average Bonchev–Trinajstić information content (AvgIpc) is 2.87. The van der Waals surface area contributed by atoms with Crippen molar-refractivity contribution in [2.45, 2.75) is 70.6 Å². The van der Waals surface area contributed by atoms with Crippen LogP contribution in [0.25, 0.3) is 0 Å². The van der Waals surface area contributed by atoms with Crippen molar-refractivity contribution < 1.29 is 18.7 Å². The molecule has 4 atom stereocenters. The highest BCUT2D eigenvalue weighted by Gasteiger charge is 2.45. The quantitative estimate of drug-likeness (QED) is 0.186. The second kappa shape index (κ2) is 13.7. The van der Waals surface area contributed by atoms with Gasteiger partial charge in [-0.25, -0.2) is 4.57 Å². The van der Waals surface area contributed by atoms with E-state index < -0.39 is 12.4 Å². The number of hydrogen-bond donors (Lipinski definition) is 2. The molecule has 2 aromatic rings. The molecule has 1 saturated heterocycles. The molecule has 0 saturated carbocycles. The number of nitrogens with one attached hydrogen (secondary N) is 1. The van der Waals surface area contributed by atoms with Gasteiger partial charge in [-0.2, -0.15) is 0 Å². The normalized spacial score (nSPS) is 24.5. The van der Waals surface area contributed by atoms with Crippen molar-refractivity contribution in [3.63, 3.8) is 0 Å². The molecule has 0 aliphatic carbocycles. The standard InChI is InChI=1S/C28H38NO4PS/c1-4-6-19-32-34(31,33-20-7-5-2)35-21-18-28(30)22-26(24-14-10-8-11-15-24)29-27(23(28)3)25-16-12-9-13-17-25/h8-17,23,26-27,29-30H,4-7,19-20,22H2,1-3H3/t23-,26-,27+,28-/m1/s1. The predicted molar refractivity (Wildman–Crippen MR) is 145 cm³/mol. The minimum Gasteiger partial charge on any atom is -0.377 e. The van der Waals surface area contributed by atoms with E-state index in [9.17, 15) is 9.67 Å². The molecular formula is C28H38NO4PS. The lowest BCUT2D eigenvalue weighted by atomic mass is 9.72. The molecule has 190 valence electrons. The summed E-state index contributed by atoms with van der Waals surface area (Å²) in [6.45, 7) is 3.43. The van der Waals surface area contributed by atoms with E-state index in [2.05, 4.69) is 54.6 Å². The second-order valence-electron chi connectivity index (χ2n) is 9.07. The van der Waals surface area contributed by atoms with Gasteiger partial charge in [0.25, 0.3) is 0 Å². The van der Waals surface area contributed by atoms with Crippen LogP contribution >= 0.6 is 18.2 Å². The first-order chi connectivity index (χ1) is 16.9. The third-order valence-electron chi connectivity index (χ3n) is 6.43. The molecule has 1 aliphatic rings. The lowest BCUT2D eigenvalue weighted by Gasteiger charge is -2.45. The molecule has 2 aromatic carbocycles. The van der Waals surface area contributed by atoms with Crippen LogP contribution in [0.4, 0.5) is 0 Å². The van der Waals surface area contributed by atoms with Crippen LogP contribution in [0.15, 0.2) is 60.7 Å². The summed E-state index contributed by atoms with van der Waals surface area (Å²) in [6, 6.07) is 20.1. The Labute approximate surface area is 214 Å². The number of rotatable bonds is 11. The Kier molecular flexibility index (Phi) is 10.9. The zero-order chi connectivity index (χ0) is 25.2. The third-order valence-corrected chi connectivity index (χ3v) is 9.42. The van der Waals surface area contributed by atoms with Gasteiger partial charge in [-0.05, 0) is 29.2 Å². The highest BCUT2D eigenvalue weighted by molar-refractivity contribution is 8.57. The van der Waals surface area contributed by atoms with Crippen LogP contribution in [0.1, 0.15) is 76.1 Å². The Hall–Kier alpha value is -1.58. The van der Waals surface area contributed by atoms with E-state index in [1.807, 2.05) is 43.3 Å². The summed E-state index contributed by atoms with van der Waals surface area (Å²) in [5.41, 5.74) is 0.923. The number of piperidine rings is 1. The molecule has 3 rings (SSSR count). The Balaban J connectivity index is 1.85. The molecule has 35 heavy (non-hydrogen) atoms. The molecule has 0 spiro atoms. The first kappa shape index (κ1) is 28.0. The van der Waals surface area contributed by atoms with Crippen LogP contribution in [0.5, 0.6) is 0 Å². The van der Waals surface area contributed by atoms with Crippen molar-refractivity contribution in [3.05, 3.63) is 71.8 Å². The van der Waals surface area contributed by atoms with Gasteiger partial charge in [0.05, 0.1) is 13.2 Å². The van der Waals surface area contributed by atoms with Gasteiger partial charge in [0, 0.05) is 35.8 Å². The van der Waals surface area contributed by atoms with Gasteiger partial charge in [-0.1, -0.05) is 100 Å². The Morgan fingerprint density at radius 2 is 1.54 bits per heavy atom. The maximum atomic E-state index is 13.3. The summed E-state index contributed by atoms with van der Waals surface area (Å²) >= 11 is 0.883. The Morgan fingerprint density at radius 1 is 1.00 bits per heavy atom. The predicted octanol–water partition coefficient (Wildman–Crippen LogP) is 7.27. The third kappa shape index (κ3) is 7.95. The van der Waals surface area contributed by atoms with E-state index in [1.165, 1.54) is 0 Å². The Morgan fingerprint density at radius 3 is 2.09 bits per heavy atom. The Bertz CT molecular complexity index is 996. The molecule has 0 unspecified atom stereocenters. The highest BCUT2D eigenvalue weighted by atomic mass is 32.7. The zero-order valence-electron chi connectivity index (χ0n) is 21.0.